The molecule has 0 atom stereocenters. The normalized spacial score (nSPS) is 11.4. The lowest BCUT2D eigenvalue weighted by molar-refractivity contribution is -0.0236. The molecule has 44 heavy (non-hydrogen) atoms. The SMILES string of the molecule is CCCCCCCCCCCCOCCOCCOCCOCCOCCOCCOCCOCCOc1ccc(N)cc1. The van der Waals surface area contributed by atoms with E-state index in [4.69, 9.17) is 48.4 Å². The van der Waals surface area contributed by atoms with E-state index in [1.54, 1.807) is 12.1 Å². The molecule has 0 unspecified atom stereocenters. The van der Waals surface area contributed by atoms with E-state index in [0.717, 1.165) is 18.8 Å². The van der Waals surface area contributed by atoms with Crippen molar-refractivity contribution in [3.05, 3.63) is 24.3 Å². The molecule has 0 saturated heterocycles. The van der Waals surface area contributed by atoms with Crippen LogP contribution in [0.3, 0.4) is 0 Å². The number of anilines is 1. The first-order chi connectivity index (χ1) is 21.8. The van der Waals surface area contributed by atoms with Gasteiger partial charge in [0.15, 0.2) is 0 Å². The van der Waals surface area contributed by atoms with Gasteiger partial charge in [-0.1, -0.05) is 64.7 Å². The highest BCUT2D eigenvalue weighted by atomic mass is 16.6. The molecule has 1 aromatic carbocycles. The molecule has 10 nitrogen and oxygen atoms in total. The molecule has 258 valence electrons. The van der Waals surface area contributed by atoms with Gasteiger partial charge in [-0.25, -0.2) is 0 Å². The average molecular weight is 630 g/mol. The average Bonchev–Trinajstić information content (AvgIpc) is 3.03. The number of hydrogen-bond acceptors (Lipinski definition) is 10. The maximum atomic E-state index is 5.64. The molecule has 2 N–H and O–H groups in total. The highest BCUT2D eigenvalue weighted by Crippen LogP contribution is 2.13. The molecule has 0 radical (unpaired) electrons. The Morgan fingerprint density at radius 2 is 0.659 bits per heavy atom. The van der Waals surface area contributed by atoms with Gasteiger partial charge in [0.25, 0.3) is 0 Å². The summed E-state index contributed by atoms with van der Waals surface area (Å²) in [7, 11) is 0. The van der Waals surface area contributed by atoms with Crippen LogP contribution in [-0.2, 0) is 37.9 Å². The fourth-order valence-electron chi connectivity index (χ4n) is 4.12. The summed E-state index contributed by atoms with van der Waals surface area (Å²) in [4.78, 5) is 0. The monoisotopic (exact) mass is 629 g/mol. The lowest BCUT2D eigenvalue weighted by atomic mass is 10.1. The molecule has 0 bridgehead atoms. The zero-order chi connectivity index (χ0) is 31.4. The first-order valence-corrected chi connectivity index (χ1v) is 16.9. The Bertz CT molecular complexity index is 681. The molecular weight excluding hydrogens is 566 g/mol. The van der Waals surface area contributed by atoms with E-state index in [1.165, 1.54) is 57.8 Å². The van der Waals surface area contributed by atoms with Gasteiger partial charge in [-0.2, -0.15) is 0 Å². The van der Waals surface area contributed by atoms with Crippen LogP contribution in [0.1, 0.15) is 71.1 Å². The zero-order valence-corrected chi connectivity index (χ0v) is 27.7. The molecule has 1 rings (SSSR count). The number of unbranched alkanes of at least 4 members (excludes halogenated alkanes) is 9. The topological polar surface area (TPSA) is 109 Å². The van der Waals surface area contributed by atoms with Gasteiger partial charge >= 0.3 is 0 Å². The molecular formula is C34H63NO9. The lowest BCUT2D eigenvalue weighted by Gasteiger charge is -2.09. The molecule has 1 aromatic rings. The van der Waals surface area contributed by atoms with Gasteiger partial charge in [0.05, 0.1) is 99.1 Å². The summed E-state index contributed by atoms with van der Waals surface area (Å²) < 4.78 is 49.7. The Hall–Kier alpha value is -1.50. The Morgan fingerprint density at radius 3 is 1.02 bits per heavy atom. The summed E-state index contributed by atoms with van der Waals surface area (Å²) >= 11 is 0. The fourth-order valence-corrected chi connectivity index (χ4v) is 4.12. The summed E-state index contributed by atoms with van der Waals surface area (Å²) in [6.45, 7) is 11.8. The molecule has 0 amide bonds. The van der Waals surface area contributed by atoms with E-state index < -0.39 is 0 Å². The maximum absolute atomic E-state index is 5.64. The predicted octanol–water partition coefficient (Wildman–Crippen LogP) is 5.70. The van der Waals surface area contributed by atoms with Crippen LogP contribution in [0.5, 0.6) is 5.75 Å². The fraction of sp³-hybridized carbons (Fsp3) is 0.824. The van der Waals surface area contributed by atoms with Crippen molar-refractivity contribution in [3.8, 4) is 5.75 Å². The van der Waals surface area contributed by atoms with Crippen molar-refractivity contribution >= 4 is 5.69 Å². The smallest absolute Gasteiger partial charge is 0.119 e. The van der Waals surface area contributed by atoms with Crippen molar-refractivity contribution in [2.45, 2.75) is 71.1 Å². The van der Waals surface area contributed by atoms with Gasteiger partial charge in [0.2, 0.25) is 0 Å². The van der Waals surface area contributed by atoms with Gasteiger partial charge in [0.1, 0.15) is 12.4 Å². The minimum absolute atomic E-state index is 0.484. The van der Waals surface area contributed by atoms with Crippen LogP contribution in [0, 0.1) is 0 Å². The second-order valence-corrected chi connectivity index (χ2v) is 10.5. The van der Waals surface area contributed by atoms with E-state index in [2.05, 4.69) is 6.92 Å². The molecule has 10 heteroatoms. The lowest BCUT2D eigenvalue weighted by Crippen LogP contribution is -2.15. The van der Waals surface area contributed by atoms with Crippen LogP contribution in [-0.4, -0.2) is 112 Å². The Morgan fingerprint density at radius 1 is 0.364 bits per heavy atom. The largest absolute Gasteiger partial charge is 0.491 e. The minimum atomic E-state index is 0.484. The Balaban J connectivity index is 1.62. The Labute approximate surface area is 267 Å². The third kappa shape index (κ3) is 30.5. The van der Waals surface area contributed by atoms with Crippen LogP contribution in [0.2, 0.25) is 0 Å². The van der Waals surface area contributed by atoms with Gasteiger partial charge in [0, 0.05) is 12.3 Å². The number of rotatable bonds is 36. The van der Waals surface area contributed by atoms with E-state index >= 15 is 0 Å². The first-order valence-electron chi connectivity index (χ1n) is 16.9. The minimum Gasteiger partial charge on any atom is -0.491 e. The third-order valence-corrected chi connectivity index (χ3v) is 6.62. The van der Waals surface area contributed by atoms with Crippen molar-refractivity contribution in [1.82, 2.24) is 0 Å². The molecule has 0 aliphatic rings. The standard InChI is InChI=1S/C34H63NO9/c1-2-3-4-5-6-7-8-9-10-11-16-36-17-18-37-19-20-38-21-22-39-23-24-40-25-26-41-27-28-42-29-30-43-31-32-44-34-14-12-33(35)13-15-34/h12-15H,2-11,16-32,35H2,1H3. The summed E-state index contributed by atoms with van der Waals surface area (Å²) in [6.07, 6.45) is 13.4. The molecule has 0 fully saturated rings. The number of ether oxygens (including phenoxy) is 9. The van der Waals surface area contributed by atoms with Gasteiger partial charge in [-0.15, -0.1) is 0 Å². The molecule has 0 spiro atoms. The molecule has 0 aliphatic heterocycles. The van der Waals surface area contributed by atoms with Crippen molar-refractivity contribution in [3.63, 3.8) is 0 Å². The second-order valence-electron chi connectivity index (χ2n) is 10.5. The number of nitrogen functional groups attached to an aromatic ring is 1. The van der Waals surface area contributed by atoms with Gasteiger partial charge in [-0.3, -0.25) is 0 Å². The maximum Gasteiger partial charge on any atom is 0.119 e. The van der Waals surface area contributed by atoms with Gasteiger partial charge < -0.3 is 48.4 Å². The Kier molecular flexibility index (Phi) is 31.7. The molecule has 0 aliphatic carbocycles. The number of hydrogen-bond donors (Lipinski definition) is 1. The van der Waals surface area contributed by atoms with Crippen LogP contribution >= 0.6 is 0 Å². The van der Waals surface area contributed by atoms with Crippen molar-refractivity contribution in [1.29, 1.82) is 0 Å². The quantitative estimate of drug-likeness (QED) is 0.0733. The molecule has 0 saturated carbocycles. The third-order valence-electron chi connectivity index (χ3n) is 6.62. The second kappa shape index (κ2) is 34.4. The van der Waals surface area contributed by atoms with Crippen molar-refractivity contribution < 1.29 is 42.6 Å². The van der Waals surface area contributed by atoms with Crippen molar-refractivity contribution in [2.24, 2.45) is 0 Å². The molecule has 0 aromatic heterocycles. The van der Waals surface area contributed by atoms with E-state index in [9.17, 15) is 0 Å². The van der Waals surface area contributed by atoms with E-state index in [-0.39, 0.29) is 0 Å². The van der Waals surface area contributed by atoms with Crippen LogP contribution in [0.25, 0.3) is 0 Å². The molecule has 0 heterocycles. The summed E-state index contributed by atoms with van der Waals surface area (Å²) in [5.74, 6) is 0.779. The number of benzene rings is 1. The predicted molar refractivity (Wildman–Crippen MR) is 175 cm³/mol. The highest BCUT2D eigenvalue weighted by Gasteiger charge is 1.97. The van der Waals surface area contributed by atoms with E-state index in [0.29, 0.717) is 111 Å². The summed E-state index contributed by atoms with van der Waals surface area (Å²) in [6, 6.07) is 7.29. The summed E-state index contributed by atoms with van der Waals surface area (Å²) in [5, 5.41) is 0. The van der Waals surface area contributed by atoms with Crippen LogP contribution in [0.4, 0.5) is 5.69 Å². The van der Waals surface area contributed by atoms with Crippen LogP contribution < -0.4 is 10.5 Å². The summed E-state index contributed by atoms with van der Waals surface area (Å²) in [5.41, 5.74) is 6.36. The first kappa shape index (κ1) is 40.5. The number of nitrogens with two attached hydrogens (primary N) is 1. The zero-order valence-electron chi connectivity index (χ0n) is 27.7. The van der Waals surface area contributed by atoms with E-state index in [1.807, 2.05) is 12.1 Å². The van der Waals surface area contributed by atoms with Crippen molar-refractivity contribution in [2.75, 3.05) is 118 Å². The van der Waals surface area contributed by atoms with Crippen LogP contribution in [0.15, 0.2) is 24.3 Å². The highest BCUT2D eigenvalue weighted by molar-refractivity contribution is 5.41. The van der Waals surface area contributed by atoms with Gasteiger partial charge in [-0.05, 0) is 30.7 Å².